The Bertz CT molecular complexity index is 1130. The van der Waals surface area contributed by atoms with Crippen LogP contribution in [0.4, 0.5) is 11.4 Å². The molecular formula is C23H24N2O4S. The van der Waals surface area contributed by atoms with Gasteiger partial charge in [-0.1, -0.05) is 35.9 Å². The maximum atomic E-state index is 13.3. The number of amides is 1. The molecule has 0 saturated heterocycles. The van der Waals surface area contributed by atoms with Crippen molar-refractivity contribution in [3.8, 4) is 5.75 Å². The zero-order chi connectivity index (χ0) is 21.7. The Morgan fingerprint density at radius 1 is 0.967 bits per heavy atom. The lowest BCUT2D eigenvalue weighted by Crippen LogP contribution is -2.38. The molecule has 3 aromatic carbocycles. The number of anilines is 2. The van der Waals surface area contributed by atoms with E-state index in [2.05, 4.69) is 5.32 Å². The highest BCUT2D eigenvalue weighted by atomic mass is 32.2. The normalized spacial score (nSPS) is 11.0. The van der Waals surface area contributed by atoms with E-state index in [9.17, 15) is 13.2 Å². The Labute approximate surface area is 177 Å². The van der Waals surface area contributed by atoms with Gasteiger partial charge in [-0.3, -0.25) is 9.10 Å². The quantitative estimate of drug-likeness (QED) is 0.618. The highest BCUT2D eigenvalue weighted by molar-refractivity contribution is 7.92. The first kappa shape index (κ1) is 21.4. The van der Waals surface area contributed by atoms with Gasteiger partial charge in [-0.2, -0.15) is 0 Å². The van der Waals surface area contributed by atoms with E-state index in [4.69, 9.17) is 4.74 Å². The van der Waals surface area contributed by atoms with Crippen LogP contribution in [0.15, 0.2) is 77.7 Å². The highest BCUT2D eigenvalue weighted by Crippen LogP contribution is 2.26. The number of carbonyl (C=O) groups is 1. The first-order valence-electron chi connectivity index (χ1n) is 9.40. The summed E-state index contributed by atoms with van der Waals surface area (Å²) in [5.74, 6) is 0.160. The molecule has 0 spiro atoms. The zero-order valence-electron chi connectivity index (χ0n) is 17.1. The predicted octanol–water partition coefficient (Wildman–Crippen LogP) is 4.15. The number of rotatable bonds is 7. The van der Waals surface area contributed by atoms with Crippen LogP contribution in [0.3, 0.4) is 0 Å². The van der Waals surface area contributed by atoms with Crippen molar-refractivity contribution >= 4 is 27.3 Å². The number of hydrogen-bond acceptors (Lipinski definition) is 4. The molecule has 0 bridgehead atoms. The second kappa shape index (κ2) is 9.00. The molecule has 30 heavy (non-hydrogen) atoms. The third-order valence-electron chi connectivity index (χ3n) is 4.63. The van der Waals surface area contributed by atoms with Gasteiger partial charge in [-0.05, 0) is 61.9 Å². The van der Waals surface area contributed by atoms with Gasteiger partial charge in [0.05, 0.1) is 17.7 Å². The molecule has 0 saturated carbocycles. The van der Waals surface area contributed by atoms with E-state index < -0.39 is 15.9 Å². The lowest BCUT2D eigenvalue weighted by molar-refractivity contribution is -0.114. The summed E-state index contributed by atoms with van der Waals surface area (Å²) >= 11 is 0. The molecule has 156 valence electrons. The number of nitrogens with zero attached hydrogens (tertiary/aromatic N) is 1. The molecule has 6 nitrogen and oxygen atoms in total. The lowest BCUT2D eigenvalue weighted by atomic mass is 10.1. The molecule has 0 aliphatic rings. The Kier molecular flexibility index (Phi) is 6.42. The van der Waals surface area contributed by atoms with E-state index >= 15 is 0 Å². The van der Waals surface area contributed by atoms with Crippen LogP contribution in [0.25, 0.3) is 0 Å². The molecule has 1 amide bonds. The smallest absolute Gasteiger partial charge is 0.264 e. The first-order valence-corrected chi connectivity index (χ1v) is 10.8. The molecule has 3 aromatic rings. The fraction of sp³-hybridized carbons (Fsp3) is 0.174. The third-order valence-corrected chi connectivity index (χ3v) is 6.42. The van der Waals surface area contributed by atoms with Crippen LogP contribution in [0.5, 0.6) is 5.75 Å². The summed E-state index contributed by atoms with van der Waals surface area (Å²) in [4.78, 5) is 12.9. The molecule has 3 rings (SSSR count). The number of ether oxygens (including phenoxy) is 1. The highest BCUT2D eigenvalue weighted by Gasteiger charge is 2.27. The first-order chi connectivity index (χ1) is 14.3. The SMILES string of the molecule is COc1ccc(N(CC(=O)Nc2ccc(C)cc2C)S(=O)(=O)c2ccccc2)cc1. The Morgan fingerprint density at radius 2 is 1.63 bits per heavy atom. The van der Waals surface area contributed by atoms with E-state index in [0.717, 1.165) is 15.4 Å². The minimum Gasteiger partial charge on any atom is -0.497 e. The average Bonchev–Trinajstić information content (AvgIpc) is 2.75. The van der Waals surface area contributed by atoms with Crippen molar-refractivity contribution in [1.82, 2.24) is 0 Å². The minimum atomic E-state index is -3.95. The van der Waals surface area contributed by atoms with Crippen molar-refractivity contribution < 1.29 is 17.9 Å². The third kappa shape index (κ3) is 4.80. The maximum absolute atomic E-state index is 13.3. The van der Waals surface area contributed by atoms with Crippen molar-refractivity contribution in [1.29, 1.82) is 0 Å². The van der Waals surface area contributed by atoms with Crippen LogP contribution in [-0.4, -0.2) is 28.0 Å². The van der Waals surface area contributed by atoms with Crippen molar-refractivity contribution in [2.24, 2.45) is 0 Å². The number of benzene rings is 3. The number of carbonyl (C=O) groups excluding carboxylic acids is 1. The van der Waals surface area contributed by atoms with Crippen LogP contribution in [-0.2, 0) is 14.8 Å². The Morgan fingerprint density at radius 3 is 2.23 bits per heavy atom. The van der Waals surface area contributed by atoms with Crippen molar-refractivity contribution in [2.75, 3.05) is 23.3 Å². The second-order valence-corrected chi connectivity index (χ2v) is 8.75. The van der Waals surface area contributed by atoms with E-state index in [1.54, 1.807) is 42.5 Å². The summed E-state index contributed by atoms with van der Waals surface area (Å²) < 4.78 is 32.9. The molecule has 0 atom stereocenters. The number of aryl methyl sites for hydroxylation is 2. The summed E-state index contributed by atoms with van der Waals surface area (Å²) in [6.07, 6.45) is 0. The van der Waals surface area contributed by atoms with Gasteiger partial charge in [0, 0.05) is 5.69 Å². The van der Waals surface area contributed by atoms with Gasteiger partial charge in [0.25, 0.3) is 10.0 Å². The van der Waals surface area contributed by atoms with Gasteiger partial charge < -0.3 is 10.1 Å². The molecule has 0 unspecified atom stereocenters. The molecule has 0 aliphatic carbocycles. The molecule has 0 heterocycles. The van der Waals surface area contributed by atoms with Crippen LogP contribution in [0.1, 0.15) is 11.1 Å². The average molecular weight is 425 g/mol. The molecular weight excluding hydrogens is 400 g/mol. The van der Waals surface area contributed by atoms with E-state index in [1.165, 1.54) is 19.2 Å². The van der Waals surface area contributed by atoms with Crippen molar-refractivity contribution in [3.63, 3.8) is 0 Å². The Hall–Kier alpha value is -3.32. The second-order valence-electron chi connectivity index (χ2n) is 6.89. The largest absolute Gasteiger partial charge is 0.497 e. The number of hydrogen-bond donors (Lipinski definition) is 1. The predicted molar refractivity (Wildman–Crippen MR) is 119 cm³/mol. The molecule has 0 radical (unpaired) electrons. The van der Waals surface area contributed by atoms with E-state index in [0.29, 0.717) is 17.1 Å². The molecule has 0 aromatic heterocycles. The molecule has 1 N–H and O–H groups in total. The molecule has 7 heteroatoms. The fourth-order valence-corrected chi connectivity index (χ4v) is 4.50. The summed E-state index contributed by atoms with van der Waals surface area (Å²) in [7, 11) is -2.41. The molecule has 0 aliphatic heterocycles. The summed E-state index contributed by atoms with van der Waals surface area (Å²) in [6.45, 7) is 3.50. The van der Waals surface area contributed by atoms with Gasteiger partial charge in [0.15, 0.2) is 0 Å². The van der Waals surface area contributed by atoms with Crippen molar-refractivity contribution in [3.05, 3.63) is 83.9 Å². The topological polar surface area (TPSA) is 75.7 Å². The number of sulfonamides is 1. The van der Waals surface area contributed by atoms with Crippen LogP contribution < -0.4 is 14.4 Å². The standard InChI is InChI=1S/C23H24N2O4S/c1-17-9-14-22(18(2)15-17)24-23(26)16-25(19-10-12-20(29-3)13-11-19)30(27,28)21-7-5-4-6-8-21/h4-15H,16H2,1-3H3,(H,24,26). The van der Waals surface area contributed by atoms with Gasteiger partial charge >= 0.3 is 0 Å². The summed E-state index contributed by atoms with van der Waals surface area (Å²) in [5.41, 5.74) is 3.01. The summed E-state index contributed by atoms with van der Waals surface area (Å²) in [6, 6.07) is 20.3. The fourth-order valence-electron chi connectivity index (χ4n) is 3.06. The maximum Gasteiger partial charge on any atom is 0.264 e. The monoisotopic (exact) mass is 424 g/mol. The lowest BCUT2D eigenvalue weighted by Gasteiger charge is -2.24. The van der Waals surface area contributed by atoms with Crippen molar-refractivity contribution in [2.45, 2.75) is 18.7 Å². The number of methoxy groups -OCH3 is 1. The van der Waals surface area contributed by atoms with Crippen LogP contribution >= 0.6 is 0 Å². The van der Waals surface area contributed by atoms with Gasteiger partial charge in [-0.25, -0.2) is 8.42 Å². The molecule has 0 fully saturated rings. The van der Waals surface area contributed by atoms with Crippen LogP contribution in [0.2, 0.25) is 0 Å². The number of nitrogens with one attached hydrogen (secondary N) is 1. The Balaban J connectivity index is 1.93. The summed E-state index contributed by atoms with van der Waals surface area (Å²) in [5, 5.41) is 2.81. The van der Waals surface area contributed by atoms with E-state index in [-0.39, 0.29) is 11.4 Å². The van der Waals surface area contributed by atoms with E-state index in [1.807, 2.05) is 32.0 Å². The van der Waals surface area contributed by atoms with Crippen LogP contribution in [0, 0.1) is 13.8 Å². The minimum absolute atomic E-state index is 0.111. The zero-order valence-corrected chi connectivity index (χ0v) is 17.9. The van der Waals surface area contributed by atoms with Gasteiger partial charge in [0.1, 0.15) is 12.3 Å². The van der Waals surface area contributed by atoms with Gasteiger partial charge in [0.2, 0.25) is 5.91 Å². The van der Waals surface area contributed by atoms with Gasteiger partial charge in [-0.15, -0.1) is 0 Å².